The normalized spacial score (nSPS) is 11.5. The summed E-state index contributed by atoms with van der Waals surface area (Å²) in [6, 6.07) is 0. The molecule has 0 saturated heterocycles. The van der Waals surface area contributed by atoms with E-state index >= 15 is 0 Å². The van der Waals surface area contributed by atoms with Gasteiger partial charge in [0.05, 0.1) is 11.3 Å². The van der Waals surface area contributed by atoms with Crippen molar-refractivity contribution in [1.29, 1.82) is 0 Å². The minimum absolute atomic E-state index is 0.321. The Hall–Kier alpha value is -1.65. The largest absolute Gasteiger partial charge is 0.361 e. The Morgan fingerprint density at radius 3 is 2.53 bits per heavy atom. The molecule has 0 N–H and O–H groups in total. The number of hydrogen-bond donors (Lipinski definition) is 0. The fourth-order valence-electron chi connectivity index (χ4n) is 2.06. The standard InChI is InChI=1S/C14H22N4O/c1-6-7-8-18-14(15-13(16-18)9(2)3)12-10(4)17-19-11(12)5/h9H,6-8H2,1-5H3. The second-order valence-corrected chi connectivity index (χ2v) is 5.22. The van der Waals surface area contributed by atoms with E-state index in [4.69, 9.17) is 4.52 Å². The Labute approximate surface area is 114 Å². The fraction of sp³-hybridized carbons (Fsp3) is 0.643. The van der Waals surface area contributed by atoms with Crippen molar-refractivity contribution >= 4 is 0 Å². The maximum absolute atomic E-state index is 5.25. The molecule has 0 aliphatic heterocycles. The molecule has 104 valence electrons. The number of nitrogens with zero attached hydrogens (tertiary/aromatic N) is 4. The Bertz CT molecular complexity index is 534. The minimum atomic E-state index is 0.321. The summed E-state index contributed by atoms with van der Waals surface area (Å²) in [4.78, 5) is 4.68. The van der Waals surface area contributed by atoms with Crippen LogP contribution in [0.5, 0.6) is 0 Å². The maximum Gasteiger partial charge on any atom is 0.163 e. The van der Waals surface area contributed by atoms with Gasteiger partial charge >= 0.3 is 0 Å². The van der Waals surface area contributed by atoms with Gasteiger partial charge in [0.2, 0.25) is 0 Å². The predicted molar refractivity (Wildman–Crippen MR) is 74.0 cm³/mol. The second-order valence-electron chi connectivity index (χ2n) is 5.22. The molecule has 0 aliphatic carbocycles. The van der Waals surface area contributed by atoms with E-state index in [0.717, 1.165) is 48.1 Å². The van der Waals surface area contributed by atoms with Gasteiger partial charge in [-0.3, -0.25) is 0 Å². The molecule has 0 unspecified atom stereocenters. The van der Waals surface area contributed by atoms with Gasteiger partial charge in [0.15, 0.2) is 11.6 Å². The topological polar surface area (TPSA) is 56.7 Å². The molecule has 5 nitrogen and oxygen atoms in total. The molecule has 19 heavy (non-hydrogen) atoms. The molecule has 2 aromatic rings. The van der Waals surface area contributed by atoms with Crippen LogP contribution >= 0.6 is 0 Å². The Balaban J connectivity index is 2.48. The van der Waals surface area contributed by atoms with E-state index in [1.807, 2.05) is 18.5 Å². The van der Waals surface area contributed by atoms with Crippen LogP contribution in [0.4, 0.5) is 0 Å². The van der Waals surface area contributed by atoms with Crippen molar-refractivity contribution in [2.45, 2.75) is 59.9 Å². The predicted octanol–water partition coefficient (Wildman–Crippen LogP) is 3.47. The molecule has 0 spiro atoms. The summed E-state index contributed by atoms with van der Waals surface area (Å²) in [5, 5.41) is 8.63. The first-order chi connectivity index (χ1) is 9.04. The average Bonchev–Trinajstić information content (AvgIpc) is 2.91. The lowest BCUT2D eigenvalue weighted by molar-refractivity contribution is 0.393. The van der Waals surface area contributed by atoms with Crippen LogP contribution in [0, 0.1) is 13.8 Å². The number of rotatable bonds is 5. The molecule has 0 amide bonds. The van der Waals surface area contributed by atoms with Gasteiger partial charge in [-0.2, -0.15) is 5.10 Å². The highest BCUT2D eigenvalue weighted by Gasteiger charge is 2.20. The van der Waals surface area contributed by atoms with E-state index in [-0.39, 0.29) is 0 Å². The number of aromatic nitrogens is 4. The summed E-state index contributed by atoms with van der Waals surface area (Å²) in [6.07, 6.45) is 2.23. The van der Waals surface area contributed by atoms with E-state index in [9.17, 15) is 0 Å². The molecule has 2 aromatic heterocycles. The first-order valence-corrected chi connectivity index (χ1v) is 6.92. The molecule has 0 radical (unpaired) electrons. The van der Waals surface area contributed by atoms with Crippen LogP contribution in [0.15, 0.2) is 4.52 Å². The van der Waals surface area contributed by atoms with Crippen molar-refractivity contribution in [3.8, 4) is 11.4 Å². The maximum atomic E-state index is 5.25. The van der Waals surface area contributed by atoms with Crippen molar-refractivity contribution in [3.63, 3.8) is 0 Å². The summed E-state index contributed by atoms with van der Waals surface area (Å²) in [5.74, 6) is 2.89. The highest BCUT2D eigenvalue weighted by molar-refractivity contribution is 5.60. The van der Waals surface area contributed by atoms with Crippen LogP contribution in [-0.2, 0) is 6.54 Å². The lowest BCUT2D eigenvalue weighted by atomic mass is 10.2. The third-order valence-electron chi connectivity index (χ3n) is 3.18. The Morgan fingerprint density at radius 2 is 2.00 bits per heavy atom. The zero-order valence-corrected chi connectivity index (χ0v) is 12.4. The molecule has 0 aromatic carbocycles. The number of hydrogen-bond acceptors (Lipinski definition) is 4. The first-order valence-electron chi connectivity index (χ1n) is 6.92. The van der Waals surface area contributed by atoms with Gasteiger partial charge in [0.25, 0.3) is 0 Å². The van der Waals surface area contributed by atoms with E-state index < -0.39 is 0 Å². The quantitative estimate of drug-likeness (QED) is 0.827. The van der Waals surface area contributed by atoms with Crippen LogP contribution in [-0.4, -0.2) is 19.9 Å². The summed E-state index contributed by atoms with van der Waals surface area (Å²) >= 11 is 0. The number of unbranched alkanes of at least 4 members (excludes halogenated alkanes) is 1. The van der Waals surface area contributed by atoms with Gasteiger partial charge in [-0.05, 0) is 20.3 Å². The lowest BCUT2D eigenvalue weighted by Gasteiger charge is -2.04. The van der Waals surface area contributed by atoms with Crippen LogP contribution in [0.1, 0.15) is 56.8 Å². The Kier molecular flexibility index (Phi) is 4.02. The van der Waals surface area contributed by atoms with Gasteiger partial charge < -0.3 is 4.52 Å². The zero-order valence-electron chi connectivity index (χ0n) is 12.4. The molecule has 5 heteroatoms. The SMILES string of the molecule is CCCCn1nc(C(C)C)nc1-c1c(C)noc1C. The van der Waals surface area contributed by atoms with E-state index in [1.165, 1.54) is 0 Å². The van der Waals surface area contributed by atoms with Gasteiger partial charge in [-0.15, -0.1) is 0 Å². The molecule has 0 fully saturated rings. The van der Waals surface area contributed by atoms with Crippen LogP contribution < -0.4 is 0 Å². The molecule has 0 atom stereocenters. The van der Waals surface area contributed by atoms with E-state index in [1.54, 1.807) is 0 Å². The molecule has 0 saturated carbocycles. The number of aryl methyl sites for hydroxylation is 3. The summed E-state index contributed by atoms with van der Waals surface area (Å²) in [5.41, 5.74) is 1.86. The molecule has 2 rings (SSSR count). The lowest BCUT2D eigenvalue weighted by Crippen LogP contribution is -2.04. The van der Waals surface area contributed by atoms with Crippen molar-refractivity contribution in [1.82, 2.24) is 19.9 Å². The van der Waals surface area contributed by atoms with Crippen molar-refractivity contribution in [2.24, 2.45) is 0 Å². The van der Waals surface area contributed by atoms with E-state index in [0.29, 0.717) is 5.92 Å². The van der Waals surface area contributed by atoms with Crippen LogP contribution in [0.25, 0.3) is 11.4 Å². The third kappa shape index (κ3) is 2.69. The van der Waals surface area contributed by atoms with Crippen molar-refractivity contribution in [2.75, 3.05) is 0 Å². The third-order valence-corrected chi connectivity index (χ3v) is 3.18. The van der Waals surface area contributed by atoms with Gasteiger partial charge in [-0.1, -0.05) is 32.3 Å². The minimum Gasteiger partial charge on any atom is -0.361 e. The highest BCUT2D eigenvalue weighted by Crippen LogP contribution is 2.26. The molecular formula is C14H22N4O. The molecule has 0 aliphatic rings. The van der Waals surface area contributed by atoms with Crippen LogP contribution in [0.2, 0.25) is 0 Å². The van der Waals surface area contributed by atoms with Crippen molar-refractivity contribution in [3.05, 3.63) is 17.3 Å². The average molecular weight is 262 g/mol. The fourth-order valence-corrected chi connectivity index (χ4v) is 2.06. The summed E-state index contributed by atoms with van der Waals surface area (Å²) in [6.45, 7) is 11.1. The monoisotopic (exact) mass is 262 g/mol. The molecule has 0 bridgehead atoms. The van der Waals surface area contributed by atoms with Gasteiger partial charge in [0, 0.05) is 12.5 Å². The van der Waals surface area contributed by atoms with Gasteiger partial charge in [-0.25, -0.2) is 9.67 Å². The van der Waals surface area contributed by atoms with E-state index in [2.05, 4.69) is 36.0 Å². The van der Waals surface area contributed by atoms with Crippen molar-refractivity contribution < 1.29 is 4.52 Å². The molecular weight excluding hydrogens is 240 g/mol. The summed E-state index contributed by atoms with van der Waals surface area (Å²) in [7, 11) is 0. The Morgan fingerprint density at radius 1 is 1.26 bits per heavy atom. The van der Waals surface area contributed by atoms with Gasteiger partial charge in [0.1, 0.15) is 5.76 Å². The smallest absolute Gasteiger partial charge is 0.163 e. The zero-order chi connectivity index (χ0) is 14.0. The summed E-state index contributed by atoms with van der Waals surface area (Å²) < 4.78 is 7.24. The highest BCUT2D eigenvalue weighted by atomic mass is 16.5. The van der Waals surface area contributed by atoms with Crippen LogP contribution in [0.3, 0.4) is 0 Å². The molecule has 2 heterocycles. The second kappa shape index (κ2) is 5.55. The first kappa shape index (κ1) is 13.8.